The van der Waals surface area contributed by atoms with E-state index in [4.69, 9.17) is 11.6 Å². The van der Waals surface area contributed by atoms with Gasteiger partial charge < -0.3 is 5.32 Å². The Labute approximate surface area is 124 Å². The van der Waals surface area contributed by atoms with E-state index in [0.29, 0.717) is 16.5 Å². The Morgan fingerprint density at radius 2 is 2.00 bits per heavy atom. The first kappa shape index (κ1) is 14.9. The molecular formula is C16H19ClN2O. The molecule has 0 unspecified atom stereocenters. The number of nitrogens with one attached hydrogen (secondary N) is 1. The second-order valence-electron chi connectivity index (χ2n) is 5.51. The molecule has 0 saturated heterocycles. The number of hydrogen-bond donors (Lipinski definition) is 1. The lowest BCUT2D eigenvalue weighted by Gasteiger charge is -2.35. The number of benzene rings is 1. The molecule has 0 heterocycles. The van der Waals surface area contributed by atoms with E-state index in [0.717, 1.165) is 32.1 Å². The van der Waals surface area contributed by atoms with Crippen molar-refractivity contribution in [2.45, 2.75) is 44.6 Å². The Kier molecular flexibility index (Phi) is 4.67. The highest BCUT2D eigenvalue weighted by atomic mass is 35.5. The smallest absolute Gasteiger partial charge is 0.252 e. The third-order valence-corrected chi connectivity index (χ3v) is 4.46. The summed E-state index contributed by atoms with van der Waals surface area (Å²) in [5, 5.41) is 13.0. The highest BCUT2D eigenvalue weighted by Crippen LogP contribution is 2.33. The van der Waals surface area contributed by atoms with E-state index in [-0.39, 0.29) is 5.91 Å². The summed E-state index contributed by atoms with van der Waals surface area (Å²) >= 11 is 5.81. The van der Waals surface area contributed by atoms with Crippen molar-refractivity contribution in [2.24, 2.45) is 5.92 Å². The Bertz CT molecular complexity index is 510. The van der Waals surface area contributed by atoms with Gasteiger partial charge in [0, 0.05) is 10.6 Å². The second kappa shape index (κ2) is 6.28. The van der Waals surface area contributed by atoms with Crippen LogP contribution in [0.2, 0.25) is 5.02 Å². The summed E-state index contributed by atoms with van der Waals surface area (Å²) in [6.45, 7) is 2.18. The standard InChI is InChI=1S/C16H19ClN2O/c1-2-12-7-9-16(11-18,10-8-12)19-15(20)13-3-5-14(17)6-4-13/h3-6,12H,2,7-10H2,1H3,(H,19,20). The van der Waals surface area contributed by atoms with Gasteiger partial charge in [-0.15, -0.1) is 0 Å². The molecule has 1 N–H and O–H groups in total. The summed E-state index contributed by atoms with van der Waals surface area (Å²) in [5.74, 6) is 0.488. The van der Waals surface area contributed by atoms with Crippen molar-refractivity contribution in [3.8, 4) is 6.07 Å². The van der Waals surface area contributed by atoms with Crippen LogP contribution in [0.15, 0.2) is 24.3 Å². The van der Waals surface area contributed by atoms with Crippen molar-refractivity contribution in [2.75, 3.05) is 0 Å². The Hall–Kier alpha value is -1.53. The fourth-order valence-electron chi connectivity index (χ4n) is 2.73. The Morgan fingerprint density at radius 3 is 2.50 bits per heavy atom. The maximum absolute atomic E-state index is 12.2. The molecule has 4 heteroatoms. The van der Waals surface area contributed by atoms with Gasteiger partial charge in [-0.05, 0) is 55.9 Å². The Balaban J connectivity index is 2.05. The van der Waals surface area contributed by atoms with Crippen molar-refractivity contribution >= 4 is 17.5 Å². The zero-order chi connectivity index (χ0) is 14.6. The second-order valence-corrected chi connectivity index (χ2v) is 5.94. The fraction of sp³-hybridized carbons (Fsp3) is 0.500. The number of hydrogen-bond acceptors (Lipinski definition) is 2. The summed E-state index contributed by atoms with van der Waals surface area (Å²) in [6.07, 6.45) is 4.63. The first-order valence-electron chi connectivity index (χ1n) is 7.08. The minimum atomic E-state index is -0.706. The molecule has 2 rings (SSSR count). The van der Waals surface area contributed by atoms with Gasteiger partial charge in [0.1, 0.15) is 5.54 Å². The zero-order valence-corrected chi connectivity index (χ0v) is 12.4. The minimum Gasteiger partial charge on any atom is -0.334 e. The highest BCUT2D eigenvalue weighted by Gasteiger charge is 2.36. The first-order valence-corrected chi connectivity index (χ1v) is 7.46. The van der Waals surface area contributed by atoms with Crippen LogP contribution in [-0.2, 0) is 0 Å². The molecule has 0 spiro atoms. The molecule has 0 bridgehead atoms. The predicted molar refractivity (Wildman–Crippen MR) is 79.5 cm³/mol. The van der Waals surface area contributed by atoms with Crippen LogP contribution in [0.25, 0.3) is 0 Å². The summed E-state index contributed by atoms with van der Waals surface area (Å²) < 4.78 is 0. The molecule has 0 aromatic heterocycles. The maximum Gasteiger partial charge on any atom is 0.252 e. The molecule has 1 saturated carbocycles. The van der Waals surface area contributed by atoms with Gasteiger partial charge in [-0.3, -0.25) is 4.79 Å². The van der Waals surface area contributed by atoms with Crippen LogP contribution >= 0.6 is 11.6 Å². The molecule has 1 amide bonds. The molecule has 1 aromatic carbocycles. The SMILES string of the molecule is CCC1CCC(C#N)(NC(=O)c2ccc(Cl)cc2)CC1. The van der Waals surface area contributed by atoms with Gasteiger partial charge in [0.2, 0.25) is 0 Å². The van der Waals surface area contributed by atoms with Crippen LogP contribution in [0, 0.1) is 17.2 Å². The molecule has 1 aliphatic rings. The molecule has 1 fully saturated rings. The van der Waals surface area contributed by atoms with Crippen LogP contribution in [0.5, 0.6) is 0 Å². The summed E-state index contributed by atoms with van der Waals surface area (Å²) in [4.78, 5) is 12.2. The number of carbonyl (C=O) groups is 1. The van der Waals surface area contributed by atoms with Crippen molar-refractivity contribution in [3.05, 3.63) is 34.9 Å². The van der Waals surface area contributed by atoms with Gasteiger partial charge in [-0.1, -0.05) is 24.9 Å². The maximum atomic E-state index is 12.2. The largest absolute Gasteiger partial charge is 0.334 e. The number of halogens is 1. The van der Waals surface area contributed by atoms with Crippen molar-refractivity contribution in [1.29, 1.82) is 5.26 Å². The summed E-state index contributed by atoms with van der Waals surface area (Å²) in [5.41, 5.74) is -0.163. The van der Waals surface area contributed by atoms with Crippen molar-refractivity contribution in [1.82, 2.24) is 5.32 Å². The number of rotatable bonds is 3. The van der Waals surface area contributed by atoms with Gasteiger partial charge in [0.25, 0.3) is 5.91 Å². The quantitative estimate of drug-likeness (QED) is 0.917. The van der Waals surface area contributed by atoms with Crippen molar-refractivity contribution in [3.63, 3.8) is 0 Å². The number of amides is 1. The lowest BCUT2D eigenvalue weighted by molar-refractivity contribution is 0.0891. The molecule has 0 atom stereocenters. The third-order valence-electron chi connectivity index (χ3n) is 4.21. The lowest BCUT2D eigenvalue weighted by atomic mass is 9.76. The van der Waals surface area contributed by atoms with Crippen LogP contribution in [0.4, 0.5) is 0 Å². The predicted octanol–water partition coefficient (Wildman–Crippen LogP) is 3.93. The summed E-state index contributed by atoms with van der Waals surface area (Å²) in [7, 11) is 0. The van der Waals surface area contributed by atoms with Gasteiger partial charge in [0.05, 0.1) is 6.07 Å². The highest BCUT2D eigenvalue weighted by molar-refractivity contribution is 6.30. The molecule has 1 aromatic rings. The molecular weight excluding hydrogens is 272 g/mol. The van der Waals surface area contributed by atoms with E-state index in [1.54, 1.807) is 24.3 Å². The zero-order valence-electron chi connectivity index (χ0n) is 11.7. The van der Waals surface area contributed by atoms with E-state index in [1.165, 1.54) is 0 Å². The molecule has 3 nitrogen and oxygen atoms in total. The molecule has 106 valence electrons. The number of nitriles is 1. The van der Waals surface area contributed by atoms with E-state index < -0.39 is 5.54 Å². The normalized spacial score (nSPS) is 25.8. The Morgan fingerprint density at radius 1 is 1.40 bits per heavy atom. The molecule has 1 aliphatic carbocycles. The van der Waals surface area contributed by atoms with E-state index in [1.807, 2.05) is 0 Å². The average Bonchev–Trinajstić information content (AvgIpc) is 2.48. The lowest BCUT2D eigenvalue weighted by Crippen LogP contribution is -2.49. The molecule has 20 heavy (non-hydrogen) atoms. The first-order chi connectivity index (χ1) is 9.58. The van der Waals surface area contributed by atoms with Gasteiger partial charge in [-0.25, -0.2) is 0 Å². The fourth-order valence-corrected chi connectivity index (χ4v) is 2.86. The minimum absolute atomic E-state index is 0.196. The van der Waals surface area contributed by atoms with E-state index >= 15 is 0 Å². The van der Waals surface area contributed by atoms with Crippen molar-refractivity contribution < 1.29 is 4.79 Å². The van der Waals surface area contributed by atoms with Gasteiger partial charge in [0.15, 0.2) is 0 Å². The molecule has 0 aliphatic heterocycles. The third kappa shape index (κ3) is 3.32. The van der Waals surface area contributed by atoms with E-state index in [9.17, 15) is 10.1 Å². The summed E-state index contributed by atoms with van der Waals surface area (Å²) in [6, 6.07) is 9.05. The monoisotopic (exact) mass is 290 g/mol. The van der Waals surface area contributed by atoms with Crippen LogP contribution < -0.4 is 5.32 Å². The molecule has 0 radical (unpaired) electrons. The van der Waals surface area contributed by atoms with Crippen LogP contribution in [0.1, 0.15) is 49.4 Å². The van der Waals surface area contributed by atoms with Gasteiger partial charge in [-0.2, -0.15) is 5.26 Å². The van der Waals surface area contributed by atoms with Crippen LogP contribution in [0.3, 0.4) is 0 Å². The van der Waals surface area contributed by atoms with E-state index in [2.05, 4.69) is 18.3 Å². The van der Waals surface area contributed by atoms with Gasteiger partial charge >= 0.3 is 0 Å². The number of carbonyl (C=O) groups excluding carboxylic acids is 1. The number of nitrogens with zero attached hydrogens (tertiary/aromatic N) is 1. The average molecular weight is 291 g/mol. The topological polar surface area (TPSA) is 52.9 Å². The van der Waals surface area contributed by atoms with Crippen LogP contribution in [-0.4, -0.2) is 11.4 Å².